The average molecular weight is 294 g/mol. The van der Waals surface area contributed by atoms with Crippen LogP contribution in [0.3, 0.4) is 0 Å². The number of fused-ring (bicyclic) bond motifs is 1. The Hall–Kier alpha value is -1.46. The maximum atomic E-state index is 6.21. The van der Waals surface area contributed by atoms with E-state index < -0.39 is 0 Å². The van der Waals surface area contributed by atoms with Crippen molar-refractivity contribution in [2.75, 3.05) is 18.0 Å². The topological polar surface area (TPSA) is 79.7 Å². The molecule has 1 heterocycles. The summed E-state index contributed by atoms with van der Waals surface area (Å²) < 4.78 is 0. The third-order valence-electron chi connectivity index (χ3n) is 3.98. The van der Waals surface area contributed by atoms with Gasteiger partial charge >= 0.3 is 0 Å². The third kappa shape index (κ3) is 2.69. The van der Waals surface area contributed by atoms with Crippen molar-refractivity contribution in [2.45, 2.75) is 25.7 Å². The number of nitrogens with zero attached hydrogens (tertiary/aromatic N) is 2. The molecule has 1 saturated carbocycles. The predicted octanol–water partition coefficient (Wildman–Crippen LogP) is 1.59. The number of rotatable bonds is 4. The van der Waals surface area contributed by atoms with Gasteiger partial charge in [0.15, 0.2) is 5.84 Å². The van der Waals surface area contributed by atoms with E-state index in [4.69, 9.17) is 23.2 Å². The van der Waals surface area contributed by atoms with Crippen LogP contribution in [0.5, 0.6) is 0 Å². The summed E-state index contributed by atoms with van der Waals surface area (Å²) in [6.07, 6.45) is 4.87. The highest BCUT2D eigenvalue weighted by Gasteiger charge is 2.29. The zero-order chi connectivity index (χ0) is 14.1. The fraction of sp³-hybridized carbons (Fsp3) is 0.500. The number of aryl methyl sites for hydroxylation is 1. The van der Waals surface area contributed by atoms with Crippen LogP contribution < -0.4 is 22.0 Å². The molecule has 1 aliphatic carbocycles. The summed E-state index contributed by atoms with van der Waals surface area (Å²) >= 11 is 6.21. The smallest absolute Gasteiger partial charge is 0.154 e. The molecule has 1 aromatic rings. The van der Waals surface area contributed by atoms with Crippen molar-refractivity contribution < 1.29 is 0 Å². The normalized spacial score (nSPS) is 18.9. The molecule has 5 nitrogen and oxygen atoms in total. The Bertz CT molecular complexity index is 539. The molecule has 6 heteroatoms. The maximum absolute atomic E-state index is 6.21. The molecule has 2 aliphatic rings. The SMILES string of the molecule is NN/N=C(\N)c1cc(Cl)cc2c1N(CC1CC1)CCC2. The lowest BCUT2D eigenvalue weighted by Gasteiger charge is -2.33. The van der Waals surface area contributed by atoms with E-state index in [2.05, 4.69) is 15.5 Å². The van der Waals surface area contributed by atoms with Gasteiger partial charge in [-0.25, -0.2) is 11.4 Å². The van der Waals surface area contributed by atoms with Crippen LogP contribution in [-0.2, 0) is 6.42 Å². The Morgan fingerprint density at radius 3 is 2.95 bits per heavy atom. The molecule has 0 amide bonds. The standard InChI is InChI=1S/C14H20ClN5/c15-11-6-10-2-1-5-20(8-9-3-4-9)13(10)12(7-11)14(16)18-19-17/h6-7,9,19H,1-5,8,17H2,(H2,16,18). The van der Waals surface area contributed by atoms with Crippen LogP contribution in [0.1, 0.15) is 30.4 Å². The van der Waals surface area contributed by atoms with Crippen LogP contribution in [0.25, 0.3) is 0 Å². The minimum atomic E-state index is 0.383. The first-order chi connectivity index (χ1) is 9.69. The molecular formula is C14H20ClN5. The van der Waals surface area contributed by atoms with E-state index in [-0.39, 0.29) is 0 Å². The number of nitrogens with one attached hydrogen (secondary N) is 1. The van der Waals surface area contributed by atoms with Crippen LogP contribution in [0.2, 0.25) is 5.02 Å². The third-order valence-corrected chi connectivity index (χ3v) is 4.20. The van der Waals surface area contributed by atoms with E-state index in [1.807, 2.05) is 12.1 Å². The van der Waals surface area contributed by atoms with Crippen molar-refractivity contribution >= 4 is 23.1 Å². The van der Waals surface area contributed by atoms with Crippen molar-refractivity contribution in [1.82, 2.24) is 5.53 Å². The maximum Gasteiger partial charge on any atom is 0.154 e. The van der Waals surface area contributed by atoms with Gasteiger partial charge in [-0.1, -0.05) is 11.6 Å². The number of benzene rings is 1. The lowest BCUT2D eigenvalue weighted by Crippen LogP contribution is -2.34. The van der Waals surface area contributed by atoms with Crippen LogP contribution in [0, 0.1) is 5.92 Å². The van der Waals surface area contributed by atoms with Crippen LogP contribution in [0.15, 0.2) is 17.2 Å². The molecule has 5 N–H and O–H groups in total. The minimum absolute atomic E-state index is 0.383. The average Bonchev–Trinajstić information content (AvgIpc) is 3.22. The van der Waals surface area contributed by atoms with Crippen LogP contribution in [-0.4, -0.2) is 18.9 Å². The number of anilines is 1. The summed E-state index contributed by atoms with van der Waals surface area (Å²) in [4.78, 5) is 2.43. The molecular weight excluding hydrogens is 274 g/mol. The predicted molar refractivity (Wildman–Crippen MR) is 82.8 cm³/mol. The first-order valence-electron chi connectivity index (χ1n) is 7.05. The van der Waals surface area contributed by atoms with Crippen molar-refractivity contribution in [1.29, 1.82) is 0 Å². The van der Waals surface area contributed by atoms with E-state index in [0.717, 1.165) is 37.4 Å². The second-order valence-electron chi connectivity index (χ2n) is 5.58. The first kappa shape index (κ1) is 13.5. The van der Waals surface area contributed by atoms with E-state index >= 15 is 0 Å². The molecule has 0 spiro atoms. The second kappa shape index (κ2) is 5.50. The summed E-state index contributed by atoms with van der Waals surface area (Å²) in [5.41, 5.74) is 11.6. The fourth-order valence-electron chi connectivity index (χ4n) is 2.91. The Morgan fingerprint density at radius 1 is 1.45 bits per heavy atom. The number of hydrazine groups is 1. The molecule has 0 saturated heterocycles. The van der Waals surface area contributed by atoms with Gasteiger partial charge in [0.1, 0.15) is 0 Å². The lowest BCUT2D eigenvalue weighted by atomic mass is 9.96. The fourth-order valence-corrected chi connectivity index (χ4v) is 3.15. The van der Waals surface area contributed by atoms with Gasteiger partial charge in [-0.05, 0) is 49.3 Å². The van der Waals surface area contributed by atoms with Gasteiger partial charge in [0.2, 0.25) is 0 Å². The van der Waals surface area contributed by atoms with Gasteiger partial charge in [-0.3, -0.25) is 0 Å². The number of nitrogens with two attached hydrogens (primary N) is 2. The summed E-state index contributed by atoms with van der Waals surface area (Å²) in [5.74, 6) is 6.45. The molecule has 0 radical (unpaired) electrons. The molecule has 0 aromatic heterocycles. The highest BCUT2D eigenvalue weighted by Crippen LogP contribution is 2.37. The number of halogens is 1. The molecule has 108 valence electrons. The van der Waals surface area contributed by atoms with E-state index in [1.165, 1.54) is 24.1 Å². The van der Waals surface area contributed by atoms with Gasteiger partial charge in [0, 0.05) is 23.7 Å². The van der Waals surface area contributed by atoms with E-state index in [1.54, 1.807) is 0 Å². The molecule has 1 aromatic carbocycles. The van der Waals surface area contributed by atoms with Crippen LogP contribution in [0.4, 0.5) is 5.69 Å². The van der Waals surface area contributed by atoms with E-state index in [9.17, 15) is 0 Å². The van der Waals surface area contributed by atoms with Gasteiger partial charge in [0.05, 0.1) is 5.69 Å². The van der Waals surface area contributed by atoms with Gasteiger partial charge in [0.25, 0.3) is 0 Å². The Kier molecular flexibility index (Phi) is 3.72. The molecule has 1 fully saturated rings. The quantitative estimate of drug-likeness (QED) is 0.341. The molecule has 0 bridgehead atoms. The first-order valence-corrected chi connectivity index (χ1v) is 7.43. The van der Waals surface area contributed by atoms with E-state index in [0.29, 0.717) is 10.9 Å². The molecule has 20 heavy (non-hydrogen) atoms. The zero-order valence-corrected chi connectivity index (χ0v) is 12.2. The molecule has 3 rings (SSSR count). The van der Waals surface area contributed by atoms with Crippen molar-refractivity contribution in [3.05, 3.63) is 28.3 Å². The largest absolute Gasteiger partial charge is 0.382 e. The highest BCUT2D eigenvalue weighted by molar-refractivity contribution is 6.31. The van der Waals surface area contributed by atoms with Crippen molar-refractivity contribution in [3.8, 4) is 0 Å². The Morgan fingerprint density at radius 2 is 2.25 bits per heavy atom. The zero-order valence-electron chi connectivity index (χ0n) is 11.4. The van der Waals surface area contributed by atoms with Gasteiger partial charge in [-0.2, -0.15) is 0 Å². The van der Waals surface area contributed by atoms with Gasteiger partial charge in [-0.15, -0.1) is 5.10 Å². The lowest BCUT2D eigenvalue weighted by molar-refractivity contribution is 0.657. The van der Waals surface area contributed by atoms with Gasteiger partial charge < -0.3 is 10.6 Å². The summed E-state index contributed by atoms with van der Waals surface area (Å²) in [7, 11) is 0. The summed E-state index contributed by atoms with van der Waals surface area (Å²) in [6, 6.07) is 3.92. The number of hydrazone groups is 1. The summed E-state index contributed by atoms with van der Waals surface area (Å²) in [5, 5.41) is 4.61. The molecule has 1 aliphatic heterocycles. The highest BCUT2D eigenvalue weighted by atomic mass is 35.5. The number of amidine groups is 1. The monoisotopic (exact) mass is 293 g/mol. The number of hydrogen-bond donors (Lipinski definition) is 3. The summed E-state index contributed by atoms with van der Waals surface area (Å²) in [6.45, 7) is 2.17. The van der Waals surface area contributed by atoms with Crippen molar-refractivity contribution in [3.63, 3.8) is 0 Å². The number of hydrogen-bond acceptors (Lipinski definition) is 4. The van der Waals surface area contributed by atoms with Crippen LogP contribution >= 0.6 is 11.6 Å². The molecule has 0 unspecified atom stereocenters. The van der Waals surface area contributed by atoms with Crippen molar-refractivity contribution in [2.24, 2.45) is 22.6 Å². The Labute approximate surface area is 123 Å². The Balaban J connectivity index is 2.03. The second-order valence-corrected chi connectivity index (χ2v) is 6.02. The molecule has 0 atom stereocenters. The minimum Gasteiger partial charge on any atom is -0.382 e.